The van der Waals surface area contributed by atoms with Gasteiger partial charge in [0.2, 0.25) is 11.8 Å². The zero-order valence-electron chi connectivity index (χ0n) is 13.8. The molecule has 5 nitrogen and oxygen atoms in total. The minimum Gasteiger partial charge on any atom is -0.340 e. The summed E-state index contributed by atoms with van der Waals surface area (Å²) < 4.78 is 0. The molecule has 0 aliphatic carbocycles. The number of hydrogen-bond acceptors (Lipinski definition) is 3. The van der Waals surface area contributed by atoms with Crippen LogP contribution in [-0.2, 0) is 22.6 Å². The van der Waals surface area contributed by atoms with Crippen molar-refractivity contribution in [2.75, 3.05) is 39.3 Å². The lowest BCUT2D eigenvalue weighted by atomic mass is 10.00. The first-order chi connectivity index (χ1) is 11.2. The van der Waals surface area contributed by atoms with Crippen LogP contribution in [0.2, 0.25) is 0 Å². The highest BCUT2D eigenvalue weighted by atomic mass is 16.2. The van der Waals surface area contributed by atoms with E-state index in [-0.39, 0.29) is 18.2 Å². The monoisotopic (exact) mass is 315 g/mol. The molecule has 1 saturated heterocycles. The number of nitrogens with zero attached hydrogens (tertiary/aromatic N) is 3. The van der Waals surface area contributed by atoms with E-state index in [2.05, 4.69) is 24.0 Å². The summed E-state index contributed by atoms with van der Waals surface area (Å²) in [6.45, 7) is 7.80. The molecule has 3 rings (SSSR count). The second-order valence-corrected chi connectivity index (χ2v) is 6.33. The Morgan fingerprint density at radius 3 is 2.26 bits per heavy atom. The van der Waals surface area contributed by atoms with E-state index < -0.39 is 0 Å². The number of likely N-dealkylation sites (N-methyl/N-ethyl adjacent to an activating group) is 1. The van der Waals surface area contributed by atoms with E-state index >= 15 is 0 Å². The summed E-state index contributed by atoms with van der Waals surface area (Å²) in [6, 6.07) is 8.23. The molecule has 0 bridgehead atoms. The van der Waals surface area contributed by atoms with Crippen LogP contribution in [-0.4, -0.2) is 65.8 Å². The van der Waals surface area contributed by atoms with Crippen LogP contribution in [0.3, 0.4) is 0 Å². The van der Waals surface area contributed by atoms with Crippen LogP contribution in [0.25, 0.3) is 0 Å². The van der Waals surface area contributed by atoms with Gasteiger partial charge in [-0.1, -0.05) is 31.2 Å². The molecule has 2 amide bonds. The summed E-state index contributed by atoms with van der Waals surface area (Å²) in [4.78, 5) is 30.8. The maximum Gasteiger partial charge on any atom is 0.232 e. The Hall–Kier alpha value is -1.88. The first-order valence-corrected chi connectivity index (χ1v) is 8.52. The average Bonchev–Trinajstić information content (AvgIpc) is 2.61. The molecule has 0 saturated carbocycles. The minimum absolute atomic E-state index is 0.00823. The van der Waals surface area contributed by atoms with Crippen LogP contribution in [0.1, 0.15) is 24.5 Å². The fourth-order valence-corrected chi connectivity index (χ4v) is 3.38. The van der Waals surface area contributed by atoms with Crippen LogP contribution >= 0.6 is 0 Å². The van der Waals surface area contributed by atoms with Gasteiger partial charge in [0.15, 0.2) is 0 Å². The molecule has 2 aliphatic rings. The van der Waals surface area contributed by atoms with E-state index in [1.165, 1.54) is 11.1 Å². The predicted molar refractivity (Wildman–Crippen MR) is 88.9 cm³/mol. The SMILES string of the molecule is CCN1CCN(C(=O)CC(=O)N2CCc3ccccc3C2)CC1. The van der Waals surface area contributed by atoms with E-state index in [1.807, 2.05) is 21.9 Å². The normalized spacial score (nSPS) is 18.7. The van der Waals surface area contributed by atoms with Crippen molar-refractivity contribution in [1.29, 1.82) is 0 Å². The fraction of sp³-hybridized carbons (Fsp3) is 0.556. The Morgan fingerprint density at radius 1 is 0.913 bits per heavy atom. The Kier molecular flexibility index (Phi) is 4.96. The molecule has 0 aromatic heterocycles. The molecule has 2 heterocycles. The van der Waals surface area contributed by atoms with Crippen molar-refractivity contribution >= 4 is 11.8 Å². The summed E-state index contributed by atoms with van der Waals surface area (Å²) in [7, 11) is 0. The van der Waals surface area contributed by atoms with E-state index in [9.17, 15) is 9.59 Å². The molecular formula is C18H25N3O2. The molecule has 0 radical (unpaired) electrons. The maximum absolute atomic E-state index is 12.4. The third-order valence-corrected chi connectivity index (χ3v) is 4.96. The summed E-state index contributed by atoms with van der Waals surface area (Å²) in [5.74, 6) is -0.0629. The Bertz CT molecular complexity index is 579. The van der Waals surface area contributed by atoms with Crippen LogP contribution in [0, 0.1) is 0 Å². The standard InChI is InChI=1S/C18H25N3O2/c1-2-19-9-11-20(12-10-19)17(22)13-18(23)21-8-7-15-5-3-4-6-16(15)14-21/h3-6H,2,7-14H2,1H3. The van der Waals surface area contributed by atoms with Gasteiger partial charge in [-0.05, 0) is 24.1 Å². The minimum atomic E-state index is -0.0394. The number of rotatable bonds is 3. The first kappa shape index (κ1) is 16.0. The van der Waals surface area contributed by atoms with Crippen LogP contribution in [0.4, 0.5) is 0 Å². The molecule has 1 fully saturated rings. The third kappa shape index (κ3) is 3.72. The van der Waals surface area contributed by atoms with Crippen molar-refractivity contribution < 1.29 is 9.59 Å². The van der Waals surface area contributed by atoms with Gasteiger partial charge in [-0.25, -0.2) is 0 Å². The van der Waals surface area contributed by atoms with Crippen molar-refractivity contribution in [3.8, 4) is 0 Å². The van der Waals surface area contributed by atoms with E-state index in [4.69, 9.17) is 0 Å². The number of amides is 2. The lowest BCUT2D eigenvalue weighted by Gasteiger charge is -2.34. The second-order valence-electron chi connectivity index (χ2n) is 6.33. The molecule has 124 valence electrons. The number of carbonyl (C=O) groups excluding carboxylic acids is 2. The number of piperazine rings is 1. The van der Waals surface area contributed by atoms with Crippen molar-refractivity contribution in [2.45, 2.75) is 26.3 Å². The van der Waals surface area contributed by atoms with Gasteiger partial charge in [-0.15, -0.1) is 0 Å². The molecule has 0 spiro atoms. The van der Waals surface area contributed by atoms with Gasteiger partial charge in [0.05, 0.1) is 0 Å². The number of carbonyl (C=O) groups is 2. The third-order valence-electron chi connectivity index (χ3n) is 4.96. The summed E-state index contributed by atoms with van der Waals surface area (Å²) in [5, 5.41) is 0. The highest BCUT2D eigenvalue weighted by molar-refractivity contribution is 5.97. The van der Waals surface area contributed by atoms with Gasteiger partial charge in [0, 0.05) is 39.3 Å². The predicted octanol–water partition coefficient (Wildman–Crippen LogP) is 1.13. The van der Waals surface area contributed by atoms with Crippen molar-refractivity contribution in [3.05, 3.63) is 35.4 Å². The van der Waals surface area contributed by atoms with Gasteiger partial charge in [-0.2, -0.15) is 0 Å². The van der Waals surface area contributed by atoms with Gasteiger partial charge >= 0.3 is 0 Å². The molecule has 0 atom stereocenters. The number of hydrogen-bond donors (Lipinski definition) is 0. The molecule has 0 unspecified atom stereocenters. The quantitative estimate of drug-likeness (QED) is 0.785. The number of benzene rings is 1. The van der Waals surface area contributed by atoms with E-state index in [0.717, 1.165) is 39.1 Å². The Labute approximate surface area is 137 Å². The van der Waals surface area contributed by atoms with E-state index in [0.29, 0.717) is 13.1 Å². The molecule has 5 heteroatoms. The van der Waals surface area contributed by atoms with Crippen molar-refractivity contribution in [1.82, 2.24) is 14.7 Å². The van der Waals surface area contributed by atoms with Crippen LogP contribution in [0.5, 0.6) is 0 Å². The van der Waals surface area contributed by atoms with Crippen molar-refractivity contribution in [2.24, 2.45) is 0 Å². The zero-order chi connectivity index (χ0) is 16.2. The molecule has 23 heavy (non-hydrogen) atoms. The van der Waals surface area contributed by atoms with Gasteiger partial charge in [0.1, 0.15) is 6.42 Å². The van der Waals surface area contributed by atoms with Crippen molar-refractivity contribution in [3.63, 3.8) is 0 Å². The highest BCUT2D eigenvalue weighted by Crippen LogP contribution is 2.19. The average molecular weight is 315 g/mol. The summed E-state index contributed by atoms with van der Waals surface area (Å²) in [5.41, 5.74) is 2.52. The second kappa shape index (κ2) is 7.13. The lowest BCUT2D eigenvalue weighted by Crippen LogP contribution is -2.49. The smallest absolute Gasteiger partial charge is 0.232 e. The van der Waals surface area contributed by atoms with E-state index in [1.54, 1.807) is 0 Å². The van der Waals surface area contributed by atoms with Gasteiger partial charge < -0.3 is 14.7 Å². The number of fused-ring (bicyclic) bond motifs is 1. The van der Waals surface area contributed by atoms with Crippen LogP contribution < -0.4 is 0 Å². The summed E-state index contributed by atoms with van der Waals surface area (Å²) in [6.07, 6.45) is 0.888. The zero-order valence-corrected chi connectivity index (χ0v) is 13.8. The highest BCUT2D eigenvalue weighted by Gasteiger charge is 2.26. The van der Waals surface area contributed by atoms with Crippen LogP contribution in [0.15, 0.2) is 24.3 Å². The topological polar surface area (TPSA) is 43.9 Å². The lowest BCUT2D eigenvalue weighted by molar-refractivity contribution is -0.142. The van der Waals surface area contributed by atoms with Gasteiger partial charge in [0.25, 0.3) is 0 Å². The molecular weight excluding hydrogens is 290 g/mol. The molecule has 1 aromatic carbocycles. The fourth-order valence-electron chi connectivity index (χ4n) is 3.38. The Morgan fingerprint density at radius 2 is 1.57 bits per heavy atom. The first-order valence-electron chi connectivity index (χ1n) is 8.52. The maximum atomic E-state index is 12.4. The molecule has 2 aliphatic heterocycles. The largest absolute Gasteiger partial charge is 0.340 e. The van der Waals surface area contributed by atoms with Gasteiger partial charge in [-0.3, -0.25) is 9.59 Å². The Balaban J connectivity index is 1.53. The molecule has 1 aromatic rings. The molecule has 0 N–H and O–H groups in total. The summed E-state index contributed by atoms with van der Waals surface area (Å²) >= 11 is 0.